The van der Waals surface area contributed by atoms with Crippen LogP contribution in [0.1, 0.15) is 46.1 Å². The predicted octanol–water partition coefficient (Wildman–Crippen LogP) is 3.65. The second-order valence-corrected chi connectivity index (χ2v) is 6.63. The van der Waals surface area contributed by atoms with Crippen LogP contribution in [0.2, 0.25) is 0 Å². The molecule has 0 aliphatic rings. The Kier molecular flexibility index (Phi) is 5.53. The molecule has 0 saturated carbocycles. The highest BCUT2D eigenvalue weighted by Gasteiger charge is 2.34. The molecule has 21 heavy (non-hydrogen) atoms. The molecular formula is C17H24O4. The molecule has 0 amide bonds. The van der Waals surface area contributed by atoms with Crippen molar-refractivity contribution in [3.05, 3.63) is 35.9 Å². The lowest BCUT2D eigenvalue weighted by atomic mass is 9.79. The van der Waals surface area contributed by atoms with E-state index in [1.54, 1.807) is 27.7 Å². The van der Waals surface area contributed by atoms with E-state index in [2.05, 4.69) is 0 Å². The van der Waals surface area contributed by atoms with Crippen LogP contribution < -0.4 is 0 Å². The molecule has 0 bridgehead atoms. The minimum Gasteiger partial charge on any atom is -0.481 e. The maximum absolute atomic E-state index is 12.2. The molecule has 1 N–H and O–H groups in total. The third kappa shape index (κ3) is 5.21. The number of hydrogen-bond acceptors (Lipinski definition) is 3. The number of benzene rings is 1. The van der Waals surface area contributed by atoms with Gasteiger partial charge >= 0.3 is 11.9 Å². The largest absolute Gasteiger partial charge is 0.481 e. The van der Waals surface area contributed by atoms with Crippen LogP contribution in [0.3, 0.4) is 0 Å². The summed E-state index contributed by atoms with van der Waals surface area (Å²) in [4.78, 5) is 23.3. The highest BCUT2D eigenvalue weighted by atomic mass is 16.5. The molecule has 0 heterocycles. The van der Waals surface area contributed by atoms with Crippen molar-refractivity contribution in [2.45, 2.75) is 47.1 Å². The van der Waals surface area contributed by atoms with Gasteiger partial charge in [0.15, 0.2) is 0 Å². The van der Waals surface area contributed by atoms with E-state index in [4.69, 9.17) is 9.84 Å². The Bertz CT molecular complexity index is 489. The summed E-state index contributed by atoms with van der Waals surface area (Å²) in [5, 5.41) is 9.11. The SMILES string of the molecule is CC(C)(CCC(C)(C)C(=O)OCc1ccccc1)C(=O)O. The Balaban J connectivity index is 2.53. The van der Waals surface area contributed by atoms with E-state index in [9.17, 15) is 9.59 Å². The number of ether oxygens (including phenoxy) is 1. The van der Waals surface area contributed by atoms with E-state index >= 15 is 0 Å². The van der Waals surface area contributed by atoms with Gasteiger partial charge in [0.2, 0.25) is 0 Å². The van der Waals surface area contributed by atoms with Crippen LogP contribution in [0, 0.1) is 10.8 Å². The van der Waals surface area contributed by atoms with E-state index in [0.717, 1.165) is 5.56 Å². The lowest BCUT2D eigenvalue weighted by molar-refractivity contribution is -0.157. The van der Waals surface area contributed by atoms with Crippen molar-refractivity contribution in [2.75, 3.05) is 0 Å². The number of carbonyl (C=O) groups excluding carboxylic acids is 1. The highest BCUT2D eigenvalue weighted by Crippen LogP contribution is 2.32. The van der Waals surface area contributed by atoms with E-state index < -0.39 is 16.8 Å². The van der Waals surface area contributed by atoms with Crippen LogP contribution in [0.4, 0.5) is 0 Å². The van der Waals surface area contributed by atoms with Gasteiger partial charge < -0.3 is 9.84 Å². The molecule has 0 aliphatic heterocycles. The summed E-state index contributed by atoms with van der Waals surface area (Å²) in [5.41, 5.74) is -0.592. The summed E-state index contributed by atoms with van der Waals surface area (Å²) in [6.07, 6.45) is 0.899. The second kappa shape index (κ2) is 6.74. The van der Waals surface area contributed by atoms with Crippen molar-refractivity contribution in [3.8, 4) is 0 Å². The first kappa shape index (κ1) is 17.2. The van der Waals surface area contributed by atoms with Crippen LogP contribution in [-0.2, 0) is 20.9 Å². The van der Waals surface area contributed by atoms with Gasteiger partial charge in [-0.05, 0) is 46.1 Å². The average molecular weight is 292 g/mol. The number of rotatable bonds is 7. The van der Waals surface area contributed by atoms with Gasteiger partial charge in [0.25, 0.3) is 0 Å². The summed E-state index contributed by atoms with van der Waals surface area (Å²) >= 11 is 0. The maximum atomic E-state index is 12.2. The Morgan fingerprint density at radius 3 is 2.05 bits per heavy atom. The Hall–Kier alpha value is -1.84. The monoisotopic (exact) mass is 292 g/mol. The fourth-order valence-corrected chi connectivity index (χ4v) is 1.75. The Morgan fingerprint density at radius 1 is 1.00 bits per heavy atom. The van der Waals surface area contributed by atoms with Crippen molar-refractivity contribution in [1.29, 1.82) is 0 Å². The summed E-state index contributed by atoms with van der Waals surface area (Å²) in [6, 6.07) is 9.48. The van der Waals surface area contributed by atoms with Gasteiger partial charge in [0.1, 0.15) is 6.61 Å². The zero-order chi connectivity index (χ0) is 16.1. The average Bonchev–Trinajstić information content (AvgIpc) is 2.43. The molecule has 4 heteroatoms. The molecule has 1 aromatic carbocycles. The highest BCUT2D eigenvalue weighted by molar-refractivity contribution is 5.76. The minimum absolute atomic E-state index is 0.241. The van der Waals surface area contributed by atoms with Crippen molar-refractivity contribution < 1.29 is 19.4 Å². The first-order valence-corrected chi connectivity index (χ1v) is 7.10. The molecule has 1 rings (SSSR count). The molecule has 0 atom stereocenters. The minimum atomic E-state index is -0.851. The zero-order valence-electron chi connectivity index (χ0n) is 13.2. The van der Waals surface area contributed by atoms with Gasteiger partial charge in [-0.3, -0.25) is 9.59 Å². The van der Waals surface area contributed by atoms with Crippen molar-refractivity contribution in [3.63, 3.8) is 0 Å². The summed E-state index contributed by atoms with van der Waals surface area (Å²) < 4.78 is 5.33. The van der Waals surface area contributed by atoms with Gasteiger partial charge in [-0.2, -0.15) is 0 Å². The first-order valence-electron chi connectivity index (χ1n) is 7.10. The standard InChI is InChI=1S/C17H24O4/c1-16(2,14(18)19)10-11-17(3,4)15(20)21-12-13-8-6-5-7-9-13/h5-9H,10-12H2,1-4H3,(H,18,19). The molecule has 0 unspecified atom stereocenters. The van der Waals surface area contributed by atoms with Crippen LogP contribution in [0.5, 0.6) is 0 Å². The number of esters is 1. The Morgan fingerprint density at radius 2 is 1.52 bits per heavy atom. The fraction of sp³-hybridized carbons (Fsp3) is 0.529. The molecule has 4 nitrogen and oxygen atoms in total. The smallest absolute Gasteiger partial charge is 0.311 e. The number of carboxylic acids is 1. The first-order chi connectivity index (χ1) is 9.65. The summed E-state index contributed by atoms with van der Waals surface area (Å²) in [6.45, 7) is 7.16. The number of hydrogen-bond donors (Lipinski definition) is 1. The molecule has 0 aromatic heterocycles. The van der Waals surface area contributed by atoms with Crippen LogP contribution in [-0.4, -0.2) is 17.0 Å². The maximum Gasteiger partial charge on any atom is 0.311 e. The lowest BCUT2D eigenvalue weighted by Crippen LogP contribution is -2.31. The van der Waals surface area contributed by atoms with Crippen molar-refractivity contribution >= 4 is 11.9 Å². The van der Waals surface area contributed by atoms with E-state index in [-0.39, 0.29) is 12.6 Å². The van der Waals surface area contributed by atoms with Crippen LogP contribution in [0.25, 0.3) is 0 Å². The number of aliphatic carboxylic acids is 1. The lowest BCUT2D eigenvalue weighted by Gasteiger charge is -2.27. The van der Waals surface area contributed by atoms with Crippen molar-refractivity contribution in [1.82, 2.24) is 0 Å². The van der Waals surface area contributed by atoms with Crippen molar-refractivity contribution in [2.24, 2.45) is 10.8 Å². The zero-order valence-corrected chi connectivity index (χ0v) is 13.2. The van der Waals surface area contributed by atoms with Gasteiger partial charge in [-0.1, -0.05) is 30.3 Å². The third-order valence-electron chi connectivity index (χ3n) is 3.72. The predicted molar refractivity (Wildman–Crippen MR) is 80.7 cm³/mol. The third-order valence-corrected chi connectivity index (χ3v) is 3.72. The number of carboxylic acid groups (broad SMARTS) is 1. The molecule has 116 valence electrons. The van der Waals surface area contributed by atoms with Gasteiger partial charge in [-0.15, -0.1) is 0 Å². The second-order valence-electron chi connectivity index (χ2n) is 6.63. The molecule has 1 aromatic rings. The quantitative estimate of drug-likeness (QED) is 0.779. The van der Waals surface area contributed by atoms with Gasteiger partial charge in [-0.25, -0.2) is 0 Å². The topological polar surface area (TPSA) is 63.6 Å². The molecule has 0 fully saturated rings. The fourth-order valence-electron chi connectivity index (χ4n) is 1.75. The van der Waals surface area contributed by atoms with E-state index in [1.165, 1.54) is 0 Å². The molecular weight excluding hydrogens is 268 g/mol. The molecule has 0 spiro atoms. The van der Waals surface area contributed by atoms with Crippen LogP contribution in [0.15, 0.2) is 30.3 Å². The van der Waals surface area contributed by atoms with E-state index in [1.807, 2.05) is 30.3 Å². The van der Waals surface area contributed by atoms with Gasteiger partial charge in [0.05, 0.1) is 10.8 Å². The number of carbonyl (C=O) groups is 2. The van der Waals surface area contributed by atoms with Gasteiger partial charge in [0, 0.05) is 0 Å². The summed E-state index contributed by atoms with van der Waals surface area (Å²) in [5.74, 6) is -1.15. The Labute approximate surface area is 126 Å². The van der Waals surface area contributed by atoms with Crippen LogP contribution >= 0.6 is 0 Å². The molecule has 0 saturated heterocycles. The molecule has 0 aliphatic carbocycles. The normalized spacial score (nSPS) is 12.0. The molecule has 0 radical (unpaired) electrons. The summed E-state index contributed by atoms with van der Waals surface area (Å²) in [7, 11) is 0. The van der Waals surface area contributed by atoms with E-state index in [0.29, 0.717) is 12.8 Å².